The van der Waals surface area contributed by atoms with E-state index >= 15 is 0 Å². The van der Waals surface area contributed by atoms with Crippen molar-refractivity contribution in [3.05, 3.63) is 141 Å². The van der Waals surface area contributed by atoms with Crippen molar-refractivity contribution in [2.24, 2.45) is 0 Å². The maximum atomic E-state index is 14.3. The average Bonchev–Trinajstić information content (AvgIpc) is 1.55. The lowest BCUT2D eigenvalue weighted by Gasteiger charge is -2.17. The Morgan fingerprint density at radius 3 is 0.882 bits per heavy atom. The molecule has 0 radical (unpaired) electrons. The molecule has 48 heteroatoms. The van der Waals surface area contributed by atoms with E-state index in [9.17, 15) is 73.7 Å². The van der Waals surface area contributed by atoms with Crippen LogP contribution in [0.4, 0.5) is 40.8 Å². The van der Waals surface area contributed by atoms with Gasteiger partial charge in [-0.3, -0.25) is 0 Å². The van der Waals surface area contributed by atoms with E-state index in [0.29, 0.717) is 77.2 Å². The molecule has 144 heavy (non-hydrogen) atoms. The largest absolute Gasteiger partial charge is 0.394 e. The monoisotopic (exact) mass is 2090 g/mol. The minimum atomic E-state index is -3.37. The summed E-state index contributed by atoms with van der Waals surface area (Å²) in [5.74, 6) is -5.13. The number of nitrogens with one attached hydrogen (secondary N) is 4. The summed E-state index contributed by atoms with van der Waals surface area (Å²) in [7, 11) is 0. The summed E-state index contributed by atoms with van der Waals surface area (Å²) in [5, 5.41) is 169. The number of aromatic nitrogens is 20. The normalized spacial score (nSPS) is 34.0. The Balaban J connectivity index is 0.000000145. The number of rotatable bonds is 40. The number of ether oxygens (including phenoxy) is 4. The lowest BCUT2D eigenvalue weighted by atomic mass is 10.1. The summed E-state index contributed by atoms with van der Waals surface area (Å²) in [6.45, 7) is 0.672. The van der Waals surface area contributed by atoms with Gasteiger partial charge >= 0.3 is 0 Å². The molecule has 8 aliphatic carbocycles. The Morgan fingerprint density at radius 1 is 0.347 bits per heavy atom. The molecular weight excluding hydrogens is 1950 g/mol. The first-order valence-electron chi connectivity index (χ1n) is 55.9. The van der Waals surface area contributed by atoms with E-state index in [2.05, 4.69) is 102 Å². The molecule has 0 bridgehead atoms. The van der Waals surface area contributed by atoms with Gasteiger partial charge in [0.25, 0.3) is 0 Å². The molecule has 8 aliphatic rings. The van der Waals surface area contributed by atoms with Crippen molar-refractivity contribution in [1.29, 1.82) is 0 Å². The Kier molecular flexibility index (Phi) is 27.7. The number of halogens is 4. The molecule has 0 amide bonds. The molecule has 8 fully saturated rings. The molecule has 4 aromatic carbocycles. The van der Waals surface area contributed by atoms with Gasteiger partial charge in [0.2, 0.25) is 0 Å². The quantitative estimate of drug-likeness (QED) is 0.00969. The molecule has 16 N–H and O–H groups in total. The van der Waals surface area contributed by atoms with Crippen LogP contribution in [0.2, 0.25) is 0 Å². The van der Waals surface area contributed by atoms with Crippen LogP contribution in [0.25, 0.3) is 44.7 Å². The van der Waals surface area contributed by atoms with Crippen LogP contribution < -0.4 is 21.3 Å². The van der Waals surface area contributed by atoms with Gasteiger partial charge < -0.3 is 101 Å². The molecule has 8 heterocycles. The highest BCUT2D eigenvalue weighted by Crippen LogP contribution is 2.50. The summed E-state index contributed by atoms with van der Waals surface area (Å²) in [5.41, 5.74) is 2.74. The molecule has 8 saturated carbocycles. The number of nitrogens with zero attached hydrogens (tertiary/aromatic N) is 20. The van der Waals surface area contributed by atoms with E-state index in [1.54, 1.807) is 83.1 Å². The van der Waals surface area contributed by atoms with E-state index in [1.807, 2.05) is 20.8 Å². The zero-order valence-electron chi connectivity index (χ0n) is 97.2. The van der Waals surface area contributed by atoms with E-state index in [1.165, 1.54) is 78.3 Å². The molecule has 20 rings (SSSR count). The maximum absolute atomic E-state index is 14.3. The predicted octanol–water partition coefficient (Wildman–Crippen LogP) is 8.73. The Hall–Kier alpha value is -9.52. The van der Waals surface area contributed by atoms with Crippen LogP contribution in [-0.2, 0) is 18.9 Å². The number of aliphatic hydroxyl groups excluding tert-OH is 10. The van der Waals surface area contributed by atoms with E-state index in [0.717, 1.165) is 31.0 Å². The smallest absolute Gasteiger partial charge is 0.191 e. The highest BCUT2D eigenvalue weighted by molar-refractivity contribution is 7.99. The van der Waals surface area contributed by atoms with Crippen molar-refractivity contribution < 1.29 is 122 Å². The van der Waals surface area contributed by atoms with Crippen molar-refractivity contribution in [3.63, 3.8) is 0 Å². The number of hydrogen-bond acceptors (Lipinski definition) is 40. The lowest BCUT2D eigenvalue weighted by molar-refractivity contribution is -0.0629. The summed E-state index contributed by atoms with van der Waals surface area (Å²) >= 11 is 4.82. The van der Waals surface area contributed by atoms with E-state index in [4.69, 9.17) is 48.7 Å². The van der Waals surface area contributed by atoms with Gasteiger partial charge in [-0.15, -0.1) is 20.4 Å². The number of thioether (sulfide) groups is 4. The first-order valence-corrected chi connectivity index (χ1v) is 50.7. The van der Waals surface area contributed by atoms with E-state index < -0.39 is 213 Å². The van der Waals surface area contributed by atoms with E-state index in [-0.39, 0.29) is 144 Å². The van der Waals surface area contributed by atoms with Gasteiger partial charge in [0.15, 0.2) is 88.6 Å². The number of aryl methyl sites for hydroxylation is 4. The number of aliphatic hydroxyl groups is 12. The number of anilines is 4. The second kappa shape index (κ2) is 47.3. The molecule has 8 aromatic heterocycles. The fraction of sp³-hybridized carbons (Fsp3) is 0.583. The van der Waals surface area contributed by atoms with Gasteiger partial charge in [-0.05, 0) is 148 Å². The Morgan fingerprint density at radius 2 is 0.625 bits per heavy atom. The van der Waals surface area contributed by atoms with Gasteiger partial charge in [-0.2, -0.15) is 0 Å². The van der Waals surface area contributed by atoms with Crippen LogP contribution in [0, 0.1) is 51.0 Å². The zero-order chi connectivity index (χ0) is 118. The van der Waals surface area contributed by atoms with Gasteiger partial charge in [0, 0.05) is 105 Å². The van der Waals surface area contributed by atoms with Crippen LogP contribution in [0.5, 0.6) is 0 Å². The second-order valence-corrected chi connectivity index (χ2v) is 39.4. The fourth-order valence-corrected chi connectivity index (χ4v) is 19.9. The topological polar surface area (TPSA) is 554 Å². The molecule has 40 nitrogen and oxygen atoms in total. The van der Waals surface area contributed by atoms with Gasteiger partial charge in [0.05, 0.1) is 118 Å². The first kappa shape index (κ1) is 84.4. The SMILES string of the molecule is [2H]C([2H])(CC)Sc1nc(N[C@]2([2H])C[C@@]2([2H])c2ccc(C)c(F)c2)c2nnn([C@@H]3C[C@H](OCCO)[C@@H](O)[C@H]3O)c2n1.[2H]C([2H])(CO)O[C@H]1C[C@@H](n2nnc3c(N[C@]4([2H])C[C@@]4([2H])c4ccc(C)c(F)c4)nc(SCCC)nc32)[C@H](O)[C@@H]1O.[2H]C([2H])(O)C([2H])([2H])O[C@H]1C[C@@H](n2nnc3c(N[C@]4([2H])C[C@@]4([2H])c4ccc(C)c(F)c4)nc(SCCC)nc32)[C@H](O)[C@@H]1O.[2H]C([2H])(O)CO[C@H]1C[C@@H](n2nnc3c(N[C@]4([2H])C[C@@]4([2H])c4ccc(C)c(F)c4)nc(SCCC)nc32)[C@H](O)[C@@H]1O. The minimum Gasteiger partial charge on any atom is -0.394 e. The molecule has 24 atom stereocenters. The average molecular weight is 2090 g/mol. The van der Waals surface area contributed by atoms with Gasteiger partial charge in [-0.25, -0.2) is 76.2 Å². The molecular formula is C96H124F4N24O16S4. The van der Waals surface area contributed by atoms with Crippen molar-refractivity contribution in [3.8, 4) is 0 Å². The second-order valence-electron chi connectivity index (χ2n) is 35.4. The number of fused-ring (bicyclic) bond motifs is 4. The highest BCUT2D eigenvalue weighted by atomic mass is 32.2. The molecule has 0 spiro atoms. The molecule has 0 unspecified atom stereocenters. The van der Waals surface area contributed by atoms with Crippen molar-refractivity contribution >= 4 is 115 Å². The summed E-state index contributed by atoms with van der Waals surface area (Å²) in [4.78, 5) is 36.1. The van der Waals surface area contributed by atoms with Gasteiger partial charge in [-0.1, -0.05) is 144 Å². The maximum Gasteiger partial charge on any atom is 0.191 e. The predicted molar refractivity (Wildman–Crippen MR) is 530 cm³/mol. The lowest BCUT2D eigenvalue weighted by Crippen LogP contribution is -2.33. The summed E-state index contributed by atoms with van der Waals surface area (Å²) in [6, 6.07) is 8.08. The highest BCUT2D eigenvalue weighted by Gasteiger charge is 2.51. The standard InChI is InChI=1S/4C24H31FN6O4S/c4*1-3-8-36-24-27-22(26-16-10-14(16)13-5-4-12(2)15(25)9-13)19-23(28-24)31(30-29-19)17-11-18(35-7-6-32)21(34)20(17)33/h4*4-5,9,14,16-18,20-21,32-34H,3,6-8,10-11H2,1-2H3,(H,26,27,28)/t4*14-,16+,17+,18-,20-,21+/m0000/s1/i6D2,7D2,14D,16D;8D2,14D,16D;7D2,14D,16D;6D2,14D,16D. The fourth-order valence-electron chi connectivity index (χ4n) is 17.2. The van der Waals surface area contributed by atoms with Crippen LogP contribution in [0.3, 0.4) is 0 Å². The molecule has 12 aromatic rings. The zero-order valence-corrected chi connectivity index (χ0v) is 82.5. The molecule has 0 aliphatic heterocycles. The third-order valence-electron chi connectivity index (χ3n) is 25.3. The third kappa shape index (κ3) is 23.8. The summed E-state index contributed by atoms with van der Waals surface area (Å²) < 4.78 is 231. The number of benzene rings is 4. The molecule has 776 valence electrons. The number of hydrogen-bond donors (Lipinski definition) is 16. The van der Waals surface area contributed by atoms with Crippen molar-refractivity contribution in [1.82, 2.24) is 99.8 Å². The minimum absolute atomic E-state index is 0.0201. The van der Waals surface area contributed by atoms with Crippen molar-refractivity contribution in [2.45, 2.75) is 298 Å². The van der Waals surface area contributed by atoms with Crippen LogP contribution in [-0.4, -0.2) is 334 Å². The summed E-state index contributed by atoms with van der Waals surface area (Å²) in [6.07, 6.45) is -12.8. The van der Waals surface area contributed by atoms with Crippen LogP contribution in [0.1, 0.15) is 222 Å². The van der Waals surface area contributed by atoms with Crippen molar-refractivity contribution in [2.75, 3.05) is 96.9 Å². The third-order valence-corrected chi connectivity index (χ3v) is 29.3. The Bertz CT molecular complexity index is 7450. The van der Waals surface area contributed by atoms with Crippen LogP contribution >= 0.6 is 47.0 Å². The first-order chi connectivity index (χ1) is 75.9. The molecule has 0 saturated heterocycles. The Labute approximate surface area is 869 Å². The van der Waals surface area contributed by atoms with Gasteiger partial charge in [0.1, 0.15) is 72.1 Å². The van der Waals surface area contributed by atoms with Crippen LogP contribution in [0.15, 0.2) is 93.4 Å².